The van der Waals surface area contributed by atoms with Gasteiger partial charge in [-0.3, -0.25) is 9.59 Å². The quantitative estimate of drug-likeness (QED) is 0.846. The molecular formula is C12H14ClNO4. The van der Waals surface area contributed by atoms with E-state index < -0.39 is 11.9 Å². The highest BCUT2D eigenvalue weighted by Gasteiger charge is 2.20. The molecule has 0 aliphatic carbocycles. The van der Waals surface area contributed by atoms with Crippen molar-refractivity contribution in [3.05, 3.63) is 28.8 Å². The van der Waals surface area contributed by atoms with Gasteiger partial charge in [0.15, 0.2) is 0 Å². The lowest BCUT2D eigenvalue weighted by Crippen LogP contribution is -2.36. The van der Waals surface area contributed by atoms with Gasteiger partial charge < -0.3 is 14.7 Å². The zero-order chi connectivity index (χ0) is 13.7. The van der Waals surface area contributed by atoms with Gasteiger partial charge in [0.2, 0.25) is 0 Å². The summed E-state index contributed by atoms with van der Waals surface area (Å²) in [4.78, 5) is 24.5. The summed E-state index contributed by atoms with van der Waals surface area (Å²) in [6.07, 6.45) is 0. The standard InChI is InChI=1S/C12H14ClNO4/c1-3-14(7-11(16)18-2)12(17)9-5-4-8(13)6-10(9)15/h4-6,15H,3,7H2,1-2H3. The van der Waals surface area contributed by atoms with Gasteiger partial charge in [0, 0.05) is 11.6 Å². The average Bonchev–Trinajstić information content (AvgIpc) is 2.34. The molecule has 1 amide bonds. The molecule has 6 heteroatoms. The summed E-state index contributed by atoms with van der Waals surface area (Å²) in [7, 11) is 1.25. The molecule has 1 aromatic carbocycles. The van der Waals surface area contributed by atoms with Crippen molar-refractivity contribution in [3.8, 4) is 5.75 Å². The Morgan fingerprint density at radius 1 is 1.44 bits per heavy atom. The fourth-order valence-corrected chi connectivity index (χ4v) is 1.57. The van der Waals surface area contributed by atoms with E-state index in [2.05, 4.69) is 4.74 Å². The highest BCUT2D eigenvalue weighted by atomic mass is 35.5. The largest absolute Gasteiger partial charge is 0.507 e. The molecule has 0 radical (unpaired) electrons. The molecular weight excluding hydrogens is 258 g/mol. The predicted molar refractivity (Wildman–Crippen MR) is 66.7 cm³/mol. The molecule has 0 heterocycles. The van der Waals surface area contributed by atoms with E-state index in [1.807, 2.05) is 0 Å². The number of methoxy groups -OCH3 is 1. The van der Waals surface area contributed by atoms with Crippen molar-refractivity contribution in [3.63, 3.8) is 0 Å². The second kappa shape index (κ2) is 6.26. The van der Waals surface area contributed by atoms with Gasteiger partial charge in [0.25, 0.3) is 5.91 Å². The Balaban J connectivity index is 2.93. The number of hydrogen-bond donors (Lipinski definition) is 1. The predicted octanol–water partition coefficient (Wildman–Crippen LogP) is 1.68. The Morgan fingerprint density at radius 2 is 2.11 bits per heavy atom. The summed E-state index contributed by atoms with van der Waals surface area (Å²) in [6.45, 7) is 1.90. The topological polar surface area (TPSA) is 66.8 Å². The third-order valence-corrected chi connectivity index (χ3v) is 2.64. The fourth-order valence-electron chi connectivity index (χ4n) is 1.40. The number of rotatable bonds is 4. The molecule has 1 N–H and O–H groups in total. The van der Waals surface area contributed by atoms with E-state index >= 15 is 0 Å². The van der Waals surface area contributed by atoms with Gasteiger partial charge in [-0.1, -0.05) is 11.6 Å². The number of phenols is 1. The number of aromatic hydroxyl groups is 1. The second-order valence-corrected chi connectivity index (χ2v) is 3.99. The maximum Gasteiger partial charge on any atom is 0.325 e. The minimum Gasteiger partial charge on any atom is -0.507 e. The monoisotopic (exact) mass is 271 g/mol. The molecule has 1 rings (SSSR count). The molecule has 0 aliphatic rings. The van der Waals surface area contributed by atoms with Crippen LogP contribution in [0.2, 0.25) is 5.02 Å². The summed E-state index contributed by atoms with van der Waals surface area (Å²) in [5.74, 6) is -1.17. The molecule has 0 unspecified atom stereocenters. The zero-order valence-corrected chi connectivity index (χ0v) is 10.9. The van der Waals surface area contributed by atoms with E-state index in [1.165, 1.54) is 30.2 Å². The molecule has 0 fully saturated rings. The average molecular weight is 272 g/mol. The van der Waals surface area contributed by atoms with Crippen LogP contribution in [0.1, 0.15) is 17.3 Å². The van der Waals surface area contributed by atoms with Crippen molar-refractivity contribution < 1.29 is 19.4 Å². The lowest BCUT2D eigenvalue weighted by Gasteiger charge is -2.19. The molecule has 0 bridgehead atoms. The van der Waals surface area contributed by atoms with Gasteiger partial charge in [-0.15, -0.1) is 0 Å². The third-order valence-electron chi connectivity index (χ3n) is 2.41. The van der Waals surface area contributed by atoms with Gasteiger partial charge in [-0.25, -0.2) is 0 Å². The summed E-state index contributed by atoms with van der Waals surface area (Å²) in [5.41, 5.74) is 0.102. The third kappa shape index (κ3) is 3.37. The van der Waals surface area contributed by atoms with E-state index in [0.29, 0.717) is 11.6 Å². The molecule has 0 saturated carbocycles. The minimum atomic E-state index is -0.515. The number of amides is 1. The van der Waals surface area contributed by atoms with Gasteiger partial charge in [0.1, 0.15) is 12.3 Å². The normalized spacial score (nSPS) is 9.94. The number of ether oxygens (including phenoxy) is 1. The summed E-state index contributed by atoms with van der Waals surface area (Å²) >= 11 is 5.68. The molecule has 5 nitrogen and oxygen atoms in total. The number of esters is 1. The van der Waals surface area contributed by atoms with E-state index in [4.69, 9.17) is 11.6 Å². The number of nitrogens with zero attached hydrogens (tertiary/aromatic N) is 1. The molecule has 1 aromatic rings. The highest BCUT2D eigenvalue weighted by Crippen LogP contribution is 2.23. The van der Waals surface area contributed by atoms with Crippen LogP contribution in [0, 0.1) is 0 Å². The van der Waals surface area contributed by atoms with Crippen LogP contribution in [0.15, 0.2) is 18.2 Å². The van der Waals surface area contributed by atoms with Crippen LogP contribution in [-0.4, -0.2) is 42.1 Å². The summed E-state index contributed by atoms with van der Waals surface area (Å²) in [6, 6.07) is 4.20. The lowest BCUT2D eigenvalue weighted by atomic mass is 10.1. The number of hydrogen-bond acceptors (Lipinski definition) is 4. The number of carbonyl (C=O) groups excluding carboxylic acids is 2. The van der Waals surface area contributed by atoms with Crippen molar-refractivity contribution in [1.82, 2.24) is 4.90 Å². The van der Waals surface area contributed by atoms with Crippen molar-refractivity contribution in [2.24, 2.45) is 0 Å². The number of halogens is 1. The number of carbonyl (C=O) groups is 2. The first-order valence-corrected chi connectivity index (χ1v) is 5.72. The maximum absolute atomic E-state index is 12.1. The van der Waals surface area contributed by atoms with E-state index in [1.54, 1.807) is 6.92 Å². The fraction of sp³-hybridized carbons (Fsp3) is 0.333. The molecule has 0 aromatic heterocycles. The SMILES string of the molecule is CCN(CC(=O)OC)C(=O)c1ccc(Cl)cc1O. The number of likely N-dealkylation sites (N-methyl/N-ethyl adjacent to an activating group) is 1. The minimum absolute atomic E-state index is 0.102. The lowest BCUT2D eigenvalue weighted by molar-refractivity contribution is -0.141. The molecule has 0 spiro atoms. The van der Waals surface area contributed by atoms with Crippen LogP contribution in [0.3, 0.4) is 0 Å². The Labute approximate surface area is 110 Å². The Hall–Kier alpha value is -1.75. The van der Waals surface area contributed by atoms with Crippen LogP contribution < -0.4 is 0 Å². The zero-order valence-electron chi connectivity index (χ0n) is 10.1. The second-order valence-electron chi connectivity index (χ2n) is 3.56. The van der Waals surface area contributed by atoms with Crippen LogP contribution in [0.25, 0.3) is 0 Å². The molecule has 18 heavy (non-hydrogen) atoms. The van der Waals surface area contributed by atoms with E-state index in [0.717, 1.165) is 0 Å². The maximum atomic E-state index is 12.1. The number of benzene rings is 1. The van der Waals surface area contributed by atoms with Gasteiger partial charge in [0.05, 0.1) is 12.7 Å². The van der Waals surface area contributed by atoms with Crippen LogP contribution in [-0.2, 0) is 9.53 Å². The van der Waals surface area contributed by atoms with Crippen LogP contribution in [0.4, 0.5) is 0 Å². The summed E-state index contributed by atoms with van der Waals surface area (Å²) in [5, 5.41) is 9.98. The first-order valence-electron chi connectivity index (χ1n) is 5.34. The highest BCUT2D eigenvalue weighted by molar-refractivity contribution is 6.30. The van der Waals surface area contributed by atoms with Crippen molar-refractivity contribution in [2.45, 2.75) is 6.92 Å². The molecule has 98 valence electrons. The first-order chi connectivity index (χ1) is 8.49. The Bertz CT molecular complexity index is 461. The van der Waals surface area contributed by atoms with Crippen molar-refractivity contribution >= 4 is 23.5 Å². The molecule has 0 saturated heterocycles. The summed E-state index contributed by atoms with van der Waals surface area (Å²) < 4.78 is 4.50. The van der Waals surface area contributed by atoms with Crippen molar-refractivity contribution in [1.29, 1.82) is 0 Å². The van der Waals surface area contributed by atoms with Crippen LogP contribution in [0.5, 0.6) is 5.75 Å². The Kier molecular flexibility index (Phi) is 4.97. The van der Waals surface area contributed by atoms with E-state index in [-0.39, 0.29) is 17.9 Å². The first kappa shape index (κ1) is 14.3. The van der Waals surface area contributed by atoms with Crippen molar-refractivity contribution in [2.75, 3.05) is 20.2 Å². The molecule has 0 aliphatic heterocycles. The molecule has 0 atom stereocenters. The van der Waals surface area contributed by atoms with Gasteiger partial charge in [-0.05, 0) is 25.1 Å². The van der Waals surface area contributed by atoms with E-state index in [9.17, 15) is 14.7 Å². The van der Waals surface area contributed by atoms with Gasteiger partial charge in [-0.2, -0.15) is 0 Å². The number of phenolic OH excluding ortho intramolecular Hbond substituents is 1. The van der Waals surface area contributed by atoms with Gasteiger partial charge >= 0.3 is 5.97 Å². The Morgan fingerprint density at radius 3 is 2.61 bits per heavy atom. The van der Waals surface area contributed by atoms with Crippen LogP contribution >= 0.6 is 11.6 Å². The smallest absolute Gasteiger partial charge is 0.325 e.